The van der Waals surface area contributed by atoms with Gasteiger partial charge in [-0.1, -0.05) is 19.1 Å². The van der Waals surface area contributed by atoms with Crippen LogP contribution < -0.4 is 10.2 Å². The van der Waals surface area contributed by atoms with E-state index in [2.05, 4.69) is 15.5 Å². The van der Waals surface area contributed by atoms with Crippen LogP contribution in [0.1, 0.15) is 47.4 Å². The Labute approximate surface area is 237 Å². The van der Waals surface area contributed by atoms with E-state index in [1.165, 1.54) is 4.90 Å². The van der Waals surface area contributed by atoms with Gasteiger partial charge >= 0.3 is 10.7 Å². The summed E-state index contributed by atoms with van der Waals surface area (Å²) in [5.74, 6) is -0.932. The van der Waals surface area contributed by atoms with E-state index in [1.807, 2.05) is 11.8 Å². The fourth-order valence-corrected chi connectivity index (χ4v) is 4.99. The molecule has 4 rings (SSSR count). The van der Waals surface area contributed by atoms with Gasteiger partial charge in [0.1, 0.15) is 11.8 Å². The summed E-state index contributed by atoms with van der Waals surface area (Å²) in [4.78, 5) is 61.6. The van der Waals surface area contributed by atoms with E-state index in [9.17, 15) is 34.6 Å². The Hall–Kier alpha value is -5.05. The molecule has 0 aliphatic carbocycles. The number of rotatable bonds is 12. The molecule has 0 bridgehead atoms. The molecule has 0 radical (unpaired) electrons. The van der Waals surface area contributed by atoms with Crippen LogP contribution >= 0.6 is 11.3 Å². The first kappa shape index (κ1) is 28.9. The van der Waals surface area contributed by atoms with Crippen LogP contribution in [0.2, 0.25) is 0 Å². The molecule has 1 aliphatic heterocycles. The van der Waals surface area contributed by atoms with Crippen LogP contribution in [0.5, 0.6) is 0 Å². The molecule has 0 fully saturated rings. The normalized spacial score (nSPS) is 12.6. The fraction of sp³-hybridized carbons (Fsp3) is 0.269. The Kier molecular flexibility index (Phi) is 8.77. The molecule has 0 atom stereocenters. The van der Waals surface area contributed by atoms with Crippen molar-refractivity contribution in [2.75, 3.05) is 29.9 Å². The Morgan fingerprint density at radius 3 is 2.27 bits per heavy atom. The molecule has 14 nitrogen and oxygen atoms in total. The van der Waals surface area contributed by atoms with Crippen molar-refractivity contribution in [1.29, 1.82) is 0 Å². The third-order valence-electron chi connectivity index (χ3n) is 6.32. The van der Waals surface area contributed by atoms with Crippen molar-refractivity contribution in [3.05, 3.63) is 79.9 Å². The number of azo groups is 1. The highest BCUT2D eigenvalue weighted by molar-refractivity contribution is 7.19. The molecule has 0 saturated heterocycles. The van der Waals surface area contributed by atoms with E-state index in [-0.39, 0.29) is 41.4 Å². The molecule has 1 aliphatic rings. The Bertz CT molecular complexity index is 1530. The van der Waals surface area contributed by atoms with Gasteiger partial charge in [-0.15, -0.1) is 10.2 Å². The van der Waals surface area contributed by atoms with Crippen molar-refractivity contribution in [3.63, 3.8) is 0 Å². The minimum atomic E-state index is -0.776. The quantitative estimate of drug-likeness (QED) is 0.120. The molecule has 212 valence electrons. The molecule has 15 heteroatoms. The van der Waals surface area contributed by atoms with Crippen molar-refractivity contribution >= 4 is 61.8 Å². The topological polar surface area (TPSA) is 181 Å². The van der Waals surface area contributed by atoms with Gasteiger partial charge in [0.25, 0.3) is 11.8 Å². The van der Waals surface area contributed by atoms with E-state index < -0.39 is 20.5 Å². The lowest BCUT2D eigenvalue weighted by molar-refractivity contribution is -0.389. The van der Waals surface area contributed by atoms with Gasteiger partial charge in [-0.05, 0) is 55.0 Å². The first-order valence-electron chi connectivity index (χ1n) is 12.6. The number of hydrogen-bond donors (Lipinski definition) is 1. The molecule has 2 heterocycles. The minimum absolute atomic E-state index is 0.182. The molecule has 41 heavy (non-hydrogen) atoms. The predicted octanol–water partition coefficient (Wildman–Crippen LogP) is 5.84. The van der Waals surface area contributed by atoms with Crippen molar-refractivity contribution in [3.8, 4) is 0 Å². The second-order valence-corrected chi connectivity index (χ2v) is 9.84. The van der Waals surface area contributed by atoms with Crippen LogP contribution in [0, 0.1) is 20.2 Å². The number of anilines is 2. The van der Waals surface area contributed by atoms with Gasteiger partial charge in [0, 0.05) is 31.7 Å². The summed E-state index contributed by atoms with van der Waals surface area (Å²) in [6.45, 7) is 4.92. The summed E-state index contributed by atoms with van der Waals surface area (Å²) in [7, 11) is 0. The van der Waals surface area contributed by atoms with Gasteiger partial charge in [0.05, 0.1) is 26.7 Å². The Balaban J connectivity index is 1.53. The Morgan fingerprint density at radius 2 is 1.68 bits per heavy atom. The highest BCUT2D eigenvalue weighted by Crippen LogP contribution is 2.42. The number of imide groups is 1. The number of carbonyl (C=O) groups is 3. The van der Waals surface area contributed by atoms with Crippen LogP contribution in [-0.2, 0) is 4.79 Å². The minimum Gasteiger partial charge on any atom is -0.372 e. The van der Waals surface area contributed by atoms with Crippen LogP contribution in [0.4, 0.5) is 32.8 Å². The summed E-state index contributed by atoms with van der Waals surface area (Å²) in [5, 5.41) is 32.4. The maximum absolute atomic E-state index is 12.7. The van der Waals surface area contributed by atoms with Crippen molar-refractivity contribution < 1.29 is 24.2 Å². The van der Waals surface area contributed by atoms with Gasteiger partial charge < -0.3 is 10.2 Å². The molecular weight excluding hydrogens is 554 g/mol. The second kappa shape index (κ2) is 12.4. The lowest BCUT2D eigenvalue weighted by atomic mass is 10.1. The molecule has 3 amide bonds. The molecule has 1 N–H and O–H groups in total. The fourth-order valence-electron chi connectivity index (χ4n) is 4.23. The van der Waals surface area contributed by atoms with Gasteiger partial charge in [0.15, 0.2) is 0 Å². The third-order valence-corrected chi connectivity index (χ3v) is 7.28. The predicted molar refractivity (Wildman–Crippen MR) is 151 cm³/mol. The first-order chi connectivity index (χ1) is 19.6. The average Bonchev–Trinajstić information content (AvgIpc) is 3.50. The lowest BCUT2D eigenvalue weighted by Crippen LogP contribution is -2.33. The van der Waals surface area contributed by atoms with E-state index in [0.717, 1.165) is 11.8 Å². The number of amides is 3. The van der Waals surface area contributed by atoms with E-state index in [4.69, 9.17) is 0 Å². The van der Waals surface area contributed by atoms with Crippen LogP contribution in [0.15, 0.2) is 58.8 Å². The summed E-state index contributed by atoms with van der Waals surface area (Å²) < 4.78 is 0. The number of nitrogens with one attached hydrogen (secondary N) is 1. The first-order valence-corrected chi connectivity index (χ1v) is 13.4. The molecule has 0 unspecified atom stereocenters. The number of nitrogens with zero attached hydrogens (tertiary/aromatic N) is 6. The zero-order valence-electron chi connectivity index (χ0n) is 22.1. The van der Waals surface area contributed by atoms with Crippen LogP contribution in [0.3, 0.4) is 0 Å². The number of hydrogen-bond acceptors (Lipinski definition) is 11. The van der Waals surface area contributed by atoms with Crippen molar-refractivity contribution in [1.82, 2.24) is 4.90 Å². The largest absolute Gasteiger partial charge is 0.372 e. The van der Waals surface area contributed by atoms with Crippen molar-refractivity contribution in [2.24, 2.45) is 10.2 Å². The number of nitro groups is 2. The molecule has 3 aromatic rings. The average molecular weight is 580 g/mol. The van der Waals surface area contributed by atoms with Gasteiger partial charge in [-0.2, -0.15) is 0 Å². The molecular formula is C26H25N7O7S. The second-order valence-electron chi connectivity index (χ2n) is 8.83. The molecule has 1 aromatic heterocycles. The van der Waals surface area contributed by atoms with Gasteiger partial charge in [-0.3, -0.25) is 39.5 Å². The monoisotopic (exact) mass is 579 g/mol. The summed E-state index contributed by atoms with van der Waals surface area (Å²) >= 11 is 0.518. The van der Waals surface area contributed by atoms with E-state index >= 15 is 0 Å². The van der Waals surface area contributed by atoms with Crippen molar-refractivity contribution in [2.45, 2.75) is 26.7 Å². The molecule has 2 aromatic carbocycles. The van der Waals surface area contributed by atoms with Crippen LogP contribution in [0.25, 0.3) is 0 Å². The highest BCUT2D eigenvalue weighted by atomic mass is 32.1. The van der Waals surface area contributed by atoms with E-state index in [0.29, 0.717) is 47.7 Å². The number of thiophene rings is 1. The van der Waals surface area contributed by atoms with E-state index in [1.54, 1.807) is 49.4 Å². The maximum Gasteiger partial charge on any atom is 0.333 e. The third kappa shape index (κ3) is 6.24. The zero-order chi connectivity index (χ0) is 29.7. The number of fused-ring (bicyclic) bond motifs is 1. The molecule has 0 spiro atoms. The number of benzene rings is 2. The Morgan fingerprint density at radius 1 is 1.00 bits per heavy atom. The number of carbonyl (C=O) groups excluding carboxylic acids is 3. The van der Waals surface area contributed by atoms with Crippen LogP contribution in [-0.4, -0.2) is 52.1 Å². The standard InChI is InChI=1S/C26H25N7O7S/c1-3-22(34)27-20-14-16(10-11-19(20)28-29-24-21(32(37)38)15-23(41-24)33(39)40)30(4-2)12-7-13-31-25(35)17-8-5-6-9-18(17)26(31)36/h5-6,8-11,14-15H,3-4,7,12-13H2,1-2H3,(H,27,34). The van der Waals surface area contributed by atoms with Gasteiger partial charge in [0.2, 0.25) is 10.9 Å². The zero-order valence-corrected chi connectivity index (χ0v) is 22.9. The molecule has 0 saturated carbocycles. The maximum atomic E-state index is 12.7. The van der Waals surface area contributed by atoms with Gasteiger partial charge in [-0.25, -0.2) is 0 Å². The lowest BCUT2D eigenvalue weighted by Gasteiger charge is -2.25. The highest BCUT2D eigenvalue weighted by Gasteiger charge is 2.34. The SMILES string of the molecule is CCC(=O)Nc1cc(N(CC)CCCN2C(=O)c3ccccc3C2=O)ccc1N=Nc1sc([N+](=O)[O-])cc1[N+](=O)[O-]. The summed E-state index contributed by atoms with van der Waals surface area (Å²) in [6.07, 6.45) is 0.680. The summed E-state index contributed by atoms with van der Waals surface area (Å²) in [5.41, 5.74) is 1.46. The summed E-state index contributed by atoms with van der Waals surface area (Å²) in [6, 6.07) is 12.5. The smallest absolute Gasteiger partial charge is 0.333 e.